The van der Waals surface area contributed by atoms with Crippen LogP contribution in [0.5, 0.6) is 0 Å². The minimum absolute atomic E-state index is 0.0593. The number of imide groups is 1. The van der Waals surface area contributed by atoms with E-state index in [1.54, 1.807) is 12.4 Å². The number of pyridine rings is 1. The number of amides is 2. The smallest absolute Gasteiger partial charge is 0.237 e. The predicted molar refractivity (Wildman–Crippen MR) is 123 cm³/mol. The van der Waals surface area contributed by atoms with Gasteiger partial charge in [0.2, 0.25) is 11.8 Å². The Bertz CT molecular complexity index is 1180. The maximum absolute atomic E-state index is 12.3. The Morgan fingerprint density at radius 3 is 2.16 bits per heavy atom. The van der Waals surface area contributed by atoms with Gasteiger partial charge in [-0.25, -0.2) is 0 Å². The highest BCUT2D eigenvalue weighted by Gasteiger charge is 2.17. The molecule has 8 heteroatoms. The molecule has 0 atom stereocenters. The lowest BCUT2D eigenvalue weighted by molar-refractivity contribution is -0.128. The lowest BCUT2D eigenvalue weighted by Crippen LogP contribution is -2.33. The molecule has 2 amide bonds. The molecule has 2 heterocycles. The highest BCUT2D eigenvalue weighted by molar-refractivity contribution is 7.99. The highest BCUT2D eigenvalue weighted by Crippen LogP contribution is 2.24. The molecule has 0 aliphatic heterocycles. The third kappa shape index (κ3) is 5.67. The second-order valence-corrected chi connectivity index (χ2v) is 7.98. The average molecular weight is 444 g/mol. The monoisotopic (exact) mass is 443 g/mol. The van der Waals surface area contributed by atoms with Gasteiger partial charge in [-0.05, 0) is 23.3 Å². The first-order valence-electron chi connectivity index (χ1n) is 10.1. The van der Waals surface area contributed by atoms with Crippen molar-refractivity contribution in [2.24, 2.45) is 0 Å². The van der Waals surface area contributed by atoms with Crippen molar-refractivity contribution in [1.29, 1.82) is 0 Å². The van der Waals surface area contributed by atoms with Crippen LogP contribution >= 0.6 is 11.8 Å². The van der Waals surface area contributed by atoms with Gasteiger partial charge in [-0.1, -0.05) is 72.4 Å². The molecular weight excluding hydrogens is 422 g/mol. The summed E-state index contributed by atoms with van der Waals surface area (Å²) < 4.78 is 1.97. The van der Waals surface area contributed by atoms with Gasteiger partial charge in [0.05, 0.1) is 18.7 Å². The van der Waals surface area contributed by atoms with Crippen LogP contribution in [0.1, 0.15) is 11.1 Å². The molecule has 2 aromatic heterocycles. The van der Waals surface area contributed by atoms with Crippen molar-refractivity contribution < 1.29 is 9.59 Å². The third-order valence-corrected chi connectivity index (χ3v) is 5.62. The fourth-order valence-corrected chi connectivity index (χ4v) is 3.90. The molecule has 0 aliphatic rings. The molecule has 7 nitrogen and oxygen atoms in total. The summed E-state index contributed by atoms with van der Waals surface area (Å²) in [5.41, 5.74) is 2.83. The molecule has 0 spiro atoms. The van der Waals surface area contributed by atoms with Crippen molar-refractivity contribution >= 4 is 23.6 Å². The second kappa shape index (κ2) is 10.5. The van der Waals surface area contributed by atoms with Crippen molar-refractivity contribution in [3.63, 3.8) is 0 Å². The first kappa shape index (κ1) is 21.5. The summed E-state index contributed by atoms with van der Waals surface area (Å²) in [6.45, 7) is 0.558. The minimum atomic E-state index is -0.365. The molecule has 0 unspecified atom stereocenters. The van der Waals surface area contributed by atoms with Crippen LogP contribution in [0.3, 0.4) is 0 Å². The number of aromatic nitrogens is 4. The van der Waals surface area contributed by atoms with E-state index in [9.17, 15) is 9.59 Å². The number of rotatable bonds is 8. The summed E-state index contributed by atoms with van der Waals surface area (Å²) in [6, 6.07) is 23.0. The van der Waals surface area contributed by atoms with Gasteiger partial charge in [0, 0.05) is 18.0 Å². The van der Waals surface area contributed by atoms with Crippen LogP contribution in [-0.2, 0) is 22.6 Å². The Morgan fingerprint density at radius 1 is 0.812 bits per heavy atom. The van der Waals surface area contributed by atoms with Crippen LogP contribution in [0.4, 0.5) is 0 Å². The number of hydrogen-bond acceptors (Lipinski definition) is 6. The molecule has 160 valence electrons. The molecule has 1 N–H and O–H groups in total. The Labute approximate surface area is 189 Å². The Hall–Kier alpha value is -3.78. The Morgan fingerprint density at radius 2 is 1.47 bits per heavy atom. The summed E-state index contributed by atoms with van der Waals surface area (Å²) >= 11 is 1.25. The van der Waals surface area contributed by atoms with E-state index in [0.717, 1.165) is 16.7 Å². The molecule has 0 aliphatic carbocycles. The third-order valence-electron chi connectivity index (χ3n) is 4.66. The van der Waals surface area contributed by atoms with Gasteiger partial charge in [-0.2, -0.15) is 0 Å². The fraction of sp³-hybridized carbons (Fsp3) is 0.125. The van der Waals surface area contributed by atoms with Crippen molar-refractivity contribution in [2.45, 2.75) is 18.1 Å². The summed E-state index contributed by atoms with van der Waals surface area (Å²) in [5, 5.41) is 11.7. The molecule has 0 fully saturated rings. The Balaban J connectivity index is 1.45. The second-order valence-electron chi connectivity index (χ2n) is 7.04. The van der Waals surface area contributed by atoms with Gasteiger partial charge in [0.25, 0.3) is 0 Å². The topological polar surface area (TPSA) is 89.8 Å². The normalized spacial score (nSPS) is 10.6. The number of nitrogens with one attached hydrogen (secondary N) is 1. The van der Waals surface area contributed by atoms with Gasteiger partial charge in [0.1, 0.15) is 0 Å². The van der Waals surface area contributed by atoms with Crippen LogP contribution in [0.15, 0.2) is 90.3 Å². The fourth-order valence-electron chi connectivity index (χ4n) is 3.17. The first-order valence-corrected chi connectivity index (χ1v) is 11.0. The molecule has 0 radical (unpaired) electrons. The standard InChI is InChI=1S/C24H21N5O2S/c30-21(15-18-7-3-1-4-8-18)26-22(31)17-32-24-28-27-23(20-11-13-25-14-12-20)29(24)16-19-9-5-2-6-10-19/h1-14H,15-17H2,(H,26,30,31). The molecule has 32 heavy (non-hydrogen) atoms. The van der Waals surface area contributed by atoms with Crippen molar-refractivity contribution in [3.8, 4) is 11.4 Å². The molecule has 0 saturated carbocycles. The van der Waals surface area contributed by atoms with E-state index in [1.807, 2.05) is 77.4 Å². The van der Waals surface area contributed by atoms with Crippen molar-refractivity contribution in [3.05, 3.63) is 96.3 Å². The average Bonchev–Trinajstić information content (AvgIpc) is 3.22. The van der Waals surface area contributed by atoms with E-state index in [4.69, 9.17) is 0 Å². The number of nitrogens with zero attached hydrogens (tertiary/aromatic N) is 4. The molecule has 2 aromatic carbocycles. The van der Waals surface area contributed by atoms with E-state index in [-0.39, 0.29) is 24.0 Å². The summed E-state index contributed by atoms with van der Waals surface area (Å²) in [5.74, 6) is 0.0593. The van der Waals surface area contributed by atoms with Gasteiger partial charge >= 0.3 is 0 Å². The van der Waals surface area contributed by atoms with E-state index in [1.165, 1.54) is 11.8 Å². The minimum Gasteiger partial charge on any atom is -0.298 e. The highest BCUT2D eigenvalue weighted by atomic mass is 32.2. The zero-order valence-electron chi connectivity index (χ0n) is 17.2. The number of carbonyl (C=O) groups is 2. The maximum Gasteiger partial charge on any atom is 0.237 e. The van der Waals surface area contributed by atoms with Crippen molar-refractivity contribution in [2.75, 3.05) is 5.75 Å². The molecule has 4 rings (SSSR count). The summed E-state index contributed by atoms with van der Waals surface area (Å²) in [6.07, 6.45) is 3.57. The van der Waals surface area contributed by atoms with Gasteiger partial charge in [0.15, 0.2) is 11.0 Å². The van der Waals surface area contributed by atoms with Gasteiger partial charge in [-0.3, -0.25) is 24.5 Å². The zero-order chi connectivity index (χ0) is 22.2. The van der Waals surface area contributed by atoms with E-state index < -0.39 is 0 Å². The van der Waals surface area contributed by atoms with E-state index in [2.05, 4.69) is 20.5 Å². The number of thioether (sulfide) groups is 1. The van der Waals surface area contributed by atoms with Crippen molar-refractivity contribution in [1.82, 2.24) is 25.1 Å². The lowest BCUT2D eigenvalue weighted by Gasteiger charge is -2.10. The van der Waals surface area contributed by atoms with Crippen LogP contribution in [0, 0.1) is 0 Å². The quantitative estimate of drug-likeness (QED) is 0.420. The summed E-state index contributed by atoms with van der Waals surface area (Å²) in [7, 11) is 0. The predicted octanol–water partition coefficient (Wildman–Crippen LogP) is 3.37. The zero-order valence-corrected chi connectivity index (χ0v) is 18.0. The summed E-state index contributed by atoms with van der Waals surface area (Å²) in [4.78, 5) is 28.6. The number of hydrogen-bond donors (Lipinski definition) is 1. The lowest BCUT2D eigenvalue weighted by atomic mass is 10.1. The van der Waals surface area contributed by atoms with Crippen LogP contribution in [0.25, 0.3) is 11.4 Å². The largest absolute Gasteiger partial charge is 0.298 e. The number of carbonyl (C=O) groups excluding carboxylic acids is 2. The van der Waals surface area contributed by atoms with E-state index >= 15 is 0 Å². The molecule has 4 aromatic rings. The molecule has 0 bridgehead atoms. The molecule has 0 saturated heterocycles. The van der Waals surface area contributed by atoms with Gasteiger partial charge in [-0.15, -0.1) is 10.2 Å². The van der Waals surface area contributed by atoms with E-state index in [0.29, 0.717) is 17.5 Å². The maximum atomic E-state index is 12.3. The first-order chi connectivity index (χ1) is 15.7. The van der Waals surface area contributed by atoms with Gasteiger partial charge < -0.3 is 0 Å². The van der Waals surface area contributed by atoms with Crippen LogP contribution in [-0.4, -0.2) is 37.3 Å². The molecular formula is C24H21N5O2S. The SMILES string of the molecule is O=C(CSc1nnc(-c2ccncc2)n1Cc1ccccc1)NC(=O)Cc1ccccc1. The Kier molecular flexibility index (Phi) is 7.04. The van der Waals surface area contributed by atoms with Crippen LogP contribution in [0.2, 0.25) is 0 Å². The number of benzene rings is 2. The van der Waals surface area contributed by atoms with Crippen LogP contribution < -0.4 is 5.32 Å².